The molecule has 11 rings (SSSR count). The number of hydrogen-bond acceptors (Lipinski definition) is 1. The molecule has 8 aromatic rings. The minimum absolute atomic E-state index is 0.558. The van der Waals surface area contributed by atoms with Crippen molar-refractivity contribution in [2.45, 2.75) is 24.5 Å². The Morgan fingerprint density at radius 2 is 1.21 bits per heavy atom. The minimum Gasteiger partial charge on any atom is -0.190 e. The summed E-state index contributed by atoms with van der Waals surface area (Å²) in [6, 6.07) is 50.2. The molecular formula is C43H30N3S+3. The molecular weight excluding hydrogens is 591 g/mol. The zero-order valence-corrected chi connectivity index (χ0v) is 26.7. The first-order chi connectivity index (χ1) is 23.2. The summed E-state index contributed by atoms with van der Waals surface area (Å²) in [5, 5.41) is 2.66. The van der Waals surface area contributed by atoms with Gasteiger partial charge in [0.15, 0.2) is 18.6 Å². The van der Waals surface area contributed by atoms with Crippen molar-refractivity contribution in [1.29, 1.82) is 0 Å². The molecule has 3 aliphatic heterocycles. The average Bonchev–Trinajstić information content (AvgIpc) is 3.65. The molecule has 2 atom stereocenters. The molecule has 0 radical (unpaired) electrons. The number of fused-ring (bicyclic) bond motifs is 19. The number of benzene rings is 4. The highest BCUT2D eigenvalue weighted by Crippen LogP contribution is 2.59. The predicted molar refractivity (Wildman–Crippen MR) is 187 cm³/mol. The smallest absolute Gasteiger partial charge is 0.190 e. The van der Waals surface area contributed by atoms with E-state index in [4.69, 9.17) is 0 Å². The first kappa shape index (κ1) is 25.7. The topological polar surface area (TPSA) is 11.6 Å². The van der Waals surface area contributed by atoms with Crippen LogP contribution in [0.2, 0.25) is 0 Å². The van der Waals surface area contributed by atoms with Gasteiger partial charge in [-0.2, -0.15) is 13.7 Å². The van der Waals surface area contributed by atoms with Crippen LogP contribution in [-0.2, 0) is 17.6 Å². The van der Waals surface area contributed by atoms with E-state index in [1.165, 1.54) is 76.2 Å². The van der Waals surface area contributed by atoms with E-state index in [9.17, 15) is 0 Å². The van der Waals surface area contributed by atoms with Crippen molar-refractivity contribution < 1.29 is 13.7 Å². The van der Waals surface area contributed by atoms with Gasteiger partial charge >= 0.3 is 5.54 Å². The number of pyridine rings is 3. The van der Waals surface area contributed by atoms with E-state index >= 15 is 0 Å². The van der Waals surface area contributed by atoms with Crippen molar-refractivity contribution in [3.63, 3.8) is 0 Å². The average molecular weight is 621 g/mol. The molecule has 2 spiro atoms. The van der Waals surface area contributed by atoms with Crippen LogP contribution < -0.4 is 13.7 Å². The van der Waals surface area contributed by atoms with Crippen LogP contribution in [0.4, 0.5) is 0 Å². The zero-order chi connectivity index (χ0) is 30.9. The summed E-state index contributed by atoms with van der Waals surface area (Å²) in [6.45, 7) is 3.00. The molecule has 0 amide bonds. The van der Waals surface area contributed by atoms with Gasteiger partial charge in [-0.15, -0.1) is 11.3 Å². The van der Waals surface area contributed by atoms with Gasteiger partial charge in [-0.3, -0.25) is 0 Å². The first-order valence-corrected chi connectivity index (χ1v) is 17.2. The van der Waals surface area contributed by atoms with Crippen molar-refractivity contribution in [2.75, 3.05) is 0 Å². The molecule has 0 saturated heterocycles. The van der Waals surface area contributed by atoms with Crippen molar-refractivity contribution in [2.24, 2.45) is 0 Å². The molecule has 47 heavy (non-hydrogen) atoms. The highest BCUT2D eigenvalue weighted by Gasteiger charge is 2.79. The van der Waals surface area contributed by atoms with Crippen LogP contribution in [0.15, 0.2) is 152 Å². The first-order valence-electron chi connectivity index (χ1n) is 16.4. The maximum Gasteiger partial charge on any atom is 0.325 e. The molecule has 220 valence electrons. The summed E-state index contributed by atoms with van der Waals surface area (Å²) in [5.74, 6) is 0. The molecule has 0 N–H and O–H groups in total. The van der Waals surface area contributed by atoms with E-state index < -0.39 is 11.1 Å². The second kappa shape index (κ2) is 8.87. The van der Waals surface area contributed by atoms with Crippen molar-refractivity contribution in [1.82, 2.24) is 0 Å². The van der Waals surface area contributed by atoms with Crippen LogP contribution in [0.25, 0.3) is 53.9 Å². The van der Waals surface area contributed by atoms with Gasteiger partial charge in [-0.25, -0.2) is 0 Å². The van der Waals surface area contributed by atoms with Crippen LogP contribution >= 0.6 is 11.3 Å². The molecule has 3 nitrogen and oxygen atoms in total. The zero-order valence-electron chi connectivity index (χ0n) is 25.9. The lowest BCUT2D eigenvalue weighted by atomic mass is 9.59. The van der Waals surface area contributed by atoms with E-state index in [2.05, 4.69) is 173 Å². The number of aryl methyl sites for hydroxylation is 1. The normalized spacial score (nSPS) is 19.7. The van der Waals surface area contributed by atoms with Crippen molar-refractivity contribution in [3.8, 4) is 33.8 Å². The Labute approximate surface area is 276 Å². The lowest BCUT2D eigenvalue weighted by Gasteiger charge is -2.44. The molecule has 2 unspecified atom stereocenters. The maximum absolute atomic E-state index is 2.63. The van der Waals surface area contributed by atoms with Crippen LogP contribution in [0.3, 0.4) is 0 Å². The molecule has 0 saturated carbocycles. The molecule has 4 heteroatoms. The summed E-state index contributed by atoms with van der Waals surface area (Å²) in [6.07, 6.45) is 7.00. The fourth-order valence-electron chi connectivity index (χ4n) is 9.44. The number of nitrogens with zero attached hydrogens (tertiary/aromatic N) is 3. The number of aromatic nitrogens is 3. The molecule has 4 aromatic heterocycles. The molecule has 0 aliphatic carbocycles. The highest BCUT2D eigenvalue weighted by atomic mass is 32.1. The molecule has 0 bridgehead atoms. The van der Waals surface area contributed by atoms with Crippen molar-refractivity contribution in [3.05, 3.63) is 174 Å². The third-order valence-corrected chi connectivity index (χ3v) is 12.3. The van der Waals surface area contributed by atoms with E-state index in [-0.39, 0.29) is 0 Å². The molecule has 7 heterocycles. The standard InChI is InChI=1S/C43H30N3S/c1-28-22-25-44-27-42(35-21-20-30-29-12-4-7-19-39(29)47-41(30)40(35)38(44)26-28)43(33-15-5-2-13-31(33)36-17-8-10-23-45(36)42)34-16-6-3-14-32(34)37-18-9-11-24-46(37)43/h2-26H,27H2,1H3/q+3. The predicted octanol–water partition coefficient (Wildman–Crippen LogP) is 8.10. The van der Waals surface area contributed by atoms with Gasteiger partial charge in [0.1, 0.15) is 0 Å². The SMILES string of the molecule is Cc1cc[n+]2c(c1)-c1c(ccc3c1sc1ccccc13)C1(C2)[n+]2ccccc2-c2ccccc2C12c1ccccc1-c1cccc[n+]12. The molecule has 4 aromatic carbocycles. The minimum atomic E-state index is -0.579. The number of thiophene rings is 1. The highest BCUT2D eigenvalue weighted by molar-refractivity contribution is 7.26. The number of hydrogen-bond donors (Lipinski definition) is 0. The van der Waals surface area contributed by atoms with Crippen LogP contribution in [-0.4, -0.2) is 0 Å². The summed E-state index contributed by atoms with van der Waals surface area (Å²) >= 11 is 1.93. The third-order valence-electron chi connectivity index (χ3n) is 11.1. The Morgan fingerprint density at radius 1 is 0.553 bits per heavy atom. The fraction of sp³-hybridized carbons (Fsp3) is 0.0930. The Balaban J connectivity index is 1.42. The maximum atomic E-state index is 2.63. The van der Waals surface area contributed by atoms with Crippen LogP contribution in [0, 0.1) is 6.92 Å². The van der Waals surface area contributed by atoms with Gasteiger partial charge in [0.25, 0.3) is 5.54 Å². The van der Waals surface area contributed by atoms with Gasteiger partial charge < -0.3 is 0 Å². The van der Waals surface area contributed by atoms with Crippen LogP contribution in [0.1, 0.15) is 22.3 Å². The van der Waals surface area contributed by atoms with Crippen LogP contribution in [0.5, 0.6) is 0 Å². The number of rotatable bonds is 0. The van der Waals surface area contributed by atoms with Gasteiger partial charge in [-0.1, -0.05) is 60.7 Å². The van der Waals surface area contributed by atoms with Gasteiger partial charge in [0.05, 0.1) is 22.3 Å². The van der Waals surface area contributed by atoms with E-state index in [1.807, 2.05) is 11.3 Å². The van der Waals surface area contributed by atoms with E-state index in [0.717, 1.165) is 6.54 Å². The third kappa shape index (κ3) is 2.92. The lowest BCUT2D eigenvalue weighted by molar-refractivity contribution is -0.885. The van der Waals surface area contributed by atoms with E-state index in [0.29, 0.717) is 0 Å². The summed E-state index contributed by atoms with van der Waals surface area (Å²) in [4.78, 5) is 0. The summed E-state index contributed by atoms with van der Waals surface area (Å²) in [5.41, 5.74) is 11.9. The summed E-state index contributed by atoms with van der Waals surface area (Å²) in [7, 11) is 0. The second-order valence-corrected chi connectivity index (χ2v) is 14.3. The quantitative estimate of drug-likeness (QED) is 0.152. The van der Waals surface area contributed by atoms with E-state index in [1.54, 1.807) is 0 Å². The largest absolute Gasteiger partial charge is 0.325 e. The molecule has 0 fully saturated rings. The lowest BCUT2D eigenvalue weighted by Crippen LogP contribution is -2.83. The Hall–Kier alpha value is -5.45. The Kier molecular flexibility index (Phi) is 4.85. The summed E-state index contributed by atoms with van der Waals surface area (Å²) < 4.78 is 10.5. The Bertz CT molecular complexity index is 2600. The Morgan fingerprint density at radius 3 is 2.00 bits per heavy atom. The molecule has 3 aliphatic rings. The van der Waals surface area contributed by atoms with Gasteiger partial charge in [0.2, 0.25) is 23.6 Å². The van der Waals surface area contributed by atoms with Gasteiger partial charge in [0, 0.05) is 67.7 Å². The van der Waals surface area contributed by atoms with Gasteiger partial charge in [-0.05, 0) is 48.9 Å². The fourth-order valence-corrected chi connectivity index (χ4v) is 10.7. The monoisotopic (exact) mass is 620 g/mol. The van der Waals surface area contributed by atoms with Crippen molar-refractivity contribution >= 4 is 31.5 Å². The second-order valence-electron chi connectivity index (χ2n) is 13.3.